The molecule has 1 aromatic rings. The van der Waals surface area contributed by atoms with Crippen LogP contribution in [0.25, 0.3) is 0 Å². The van der Waals surface area contributed by atoms with E-state index in [1.807, 2.05) is 0 Å². The minimum absolute atomic E-state index is 0.0821. The molecule has 1 aromatic carbocycles. The van der Waals surface area contributed by atoms with Gasteiger partial charge < -0.3 is 10.4 Å². The van der Waals surface area contributed by atoms with E-state index in [9.17, 15) is 17.2 Å². The van der Waals surface area contributed by atoms with Crippen LogP contribution in [0.5, 0.6) is 0 Å². The van der Waals surface area contributed by atoms with Gasteiger partial charge in [-0.1, -0.05) is 19.1 Å². The minimum atomic E-state index is -4.65. The molecule has 1 rings (SSSR count). The van der Waals surface area contributed by atoms with Crippen molar-refractivity contribution < 1.29 is 22.3 Å². The average Bonchev–Trinajstić information content (AvgIpc) is 2.36. The Kier molecular flexibility index (Phi) is 5.03. The van der Waals surface area contributed by atoms with Gasteiger partial charge in [0, 0.05) is 6.04 Å². The summed E-state index contributed by atoms with van der Waals surface area (Å²) in [6.45, 7) is 1.58. The maximum Gasteiger partial charge on any atom is 0.341 e. The van der Waals surface area contributed by atoms with E-state index in [1.165, 1.54) is 18.2 Å². The lowest BCUT2D eigenvalue weighted by Gasteiger charge is -2.18. The highest BCUT2D eigenvalue weighted by Crippen LogP contribution is 2.26. The van der Waals surface area contributed by atoms with Crippen molar-refractivity contribution in [2.24, 2.45) is 0 Å². The molecule has 0 aliphatic heterocycles. The van der Waals surface area contributed by atoms with Crippen LogP contribution in [-0.4, -0.2) is 31.9 Å². The summed E-state index contributed by atoms with van der Waals surface area (Å²) in [6.07, 6.45) is 0.541. The van der Waals surface area contributed by atoms with Crippen LogP contribution in [0, 0.1) is 0 Å². The van der Waals surface area contributed by atoms with E-state index in [2.05, 4.69) is 5.32 Å². The normalized spacial score (nSPS) is 13.6. The molecule has 0 aromatic heterocycles. The van der Waals surface area contributed by atoms with Crippen LogP contribution in [0.15, 0.2) is 29.2 Å². The van der Waals surface area contributed by atoms with Crippen LogP contribution in [0.1, 0.15) is 13.3 Å². The molecular weight excluding hydrogens is 264 g/mol. The van der Waals surface area contributed by atoms with Gasteiger partial charge in [-0.2, -0.15) is 8.78 Å². The van der Waals surface area contributed by atoms with Gasteiger partial charge in [-0.15, -0.1) is 0 Å². The van der Waals surface area contributed by atoms with Crippen LogP contribution >= 0.6 is 0 Å². The number of anilines is 1. The van der Waals surface area contributed by atoms with E-state index < -0.39 is 20.5 Å². The molecule has 0 bridgehead atoms. The average molecular weight is 279 g/mol. The molecule has 0 unspecified atom stereocenters. The molecule has 0 amide bonds. The Morgan fingerprint density at radius 3 is 2.44 bits per heavy atom. The van der Waals surface area contributed by atoms with Gasteiger partial charge >= 0.3 is 5.76 Å². The number of hydrogen-bond acceptors (Lipinski definition) is 4. The molecule has 0 aliphatic rings. The summed E-state index contributed by atoms with van der Waals surface area (Å²) >= 11 is 0. The molecule has 7 heteroatoms. The number of hydrogen-bond donors (Lipinski definition) is 2. The van der Waals surface area contributed by atoms with Gasteiger partial charge in [-0.3, -0.25) is 0 Å². The number of aliphatic hydroxyl groups excluding tert-OH is 1. The van der Waals surface area contributed by atoms with Gasteiger partial charge in [0.05, 0.1) is 17.2 Å². The predicted molar refractivity (Wildman–Crippen MR) is 64.4 cm³/mol. The van der Waals surface area contributed by atoms with Crippen molar-refractivity contribution in [2.75, 3.05) is 11.9 Å². The number of sulfone groups is 1. The second kappa shape index (κ2) is 6.10. The second-order valence-electron chi connectivity index (χ2n) is 3.73. The highest BCUT2D eigenvalue weighted by atomic mass is 32.2. The van der Waals surface area contributed by atoms with Crippen LogP contribution in [-0.2, 0) is 9.84 Å². The molecule has 102 valence electrons. The number of rotatable bonds is 6. The molecule has 2 N–H and O–H groups in total. The SMILES string of the molecule is CC[C@@H](CO)Nc1ccccc1S(=O)(=O)C(F)F. The fraction of sp³-hybridized carbons (Fsp3) is 0.455. The Hall–Kier alpha value is -1.21. The first-order chi connectivity index (χ1) is 8.43. The highest BCUT2D eigenvalue weighted by Gasteiger charge is 2.29. The third kappa shape index (κ3) is 3.17. The van der Waals surface area contributed by atoms with E-state index in [1.54, 1.807) is 6.92 Å². The van der Waals surface area contributed by atoms with E-state index in [0.29, 0.717) is 6.42 Å². The summed E-state index contributed by atoms with van der Waals surface area (Å²) in [4.78, 5) is -0.452. The summed E-state index contributed by atoms with van der Waals surface area (Å²) in [5.74, 6) is -3.46. The molecule has 0 aliphatic carbocycles. The number of para-hydroxylation sites is 1. The molecule has 0 saturated heterocycles. The fourth-order valence-electron chi connectivity index (χ4n) is 1.43. The van der Waals surface area contributed by atoms with Crippen molar-refractivity contribution in [3.63, 3.8) is 0 Å². The number of benzene rings is 1. The molecule has 0 radical (unpaired) electrons. The molecule has 4 nitrogen and oxygen atoms in total. The molecule has 0 heterocycles. The number of halogens is 2. The summed E-state index contributed by atoms with van der Waals surface area (Å²) < 4.78 is 47.9. The Morgan fingerprint density at radius 2 is 1.94 bits per heavy atom. The second-order valence-corrected chi connectivity index (χ2v) is 5.62. The largest absolute Gasteiger partial charge is 0.394 e. The van der Waals surface area contributed by atoms with Crippen molar-refractivity contribution in [3.8, 4) is 0 Å². The van der Waals surface area contributed by atoms with Crippen LogP contribution < -0.4 is 5.32 Å². The molecule has 0 fully saturated rings. The predicted octanol–water partition coefficient (Wildman–Crippen LogP) is 1.87. The Morgan fingerprint density at radius 1 is 1.33 bits per heavy atom. The topological polar surface area (TPSA) is 66.4 Å². The first-order valence-corrected chi connectivity index (χ1v) is 6.96. The van der Waals surface area contributed by atoms with Crippen LogP contribution in [0.4, 0.5) is 14.5 Å². The van der Waals surface area contributed by atoms with Gasteiger partial charge in [0.2, 0.25) is 9.84 Å². The summed E-state index contributed by atoms with van der Waals surface area (Å²) in [7, 11) is -4.65. The van der Waals surface area contributed by atoms with Gasteiger partial charge in [0.15, 0.2) is 0 Å². The van der Waals surface area contributed by atoms with Crippen molar-refractivity contribution >= 4 is 15.5 Å². The Labute approximate surface area is 105 Å². The Bertz CT molecular complexity index is 487. The zero-order chi connectivity index (χ0) is 13.8. The van der Waals surface area contributed by atoms with Gasteiger partial charge in [-0.25, -0.2) is 8.42 Å². The smallest absolute Gasteiger partial charge is 0.341 e. The van der Waals surface area contributed by atoms with Gasteiger partial charge in [-0.05, 0) is 18.6 Å². The monoisotopic (exact) mass is 279 g/mol. The Balaban J connectivity index is 3.15. The van der Waals surface area contributed by atoms with Gasteiger partial charge in [0.25, 0.3) is 0 Å². The van der Waals surface area contributed by atoms with E-state index in [4.69, 9.17) is 5.11 Å². The number of alkyl halides is 2. The maximum absolute atomic E-state index is 12.5. The molecule has 1 atom stereocenters. The van der Waals surface area contributed by atoms with Crippen molar-refractivity contribution in [3.05, 3.63) is 24.3 Å². The summed E-state index contributed by atoms with van der Waals surface area (Å²) in [5, 5.41) is 11.8. The molecule has 0 saturated carbocycles. The lowest BCUT2D eigenvalue weighted by molar-refractivity contribution is 0.235. The molecule has 18 heavy (non-hydrogen) atoms. The standard InChI is InChI=1S/C11H15F2NO3S/c1-2-8(7-15)14-9-5-3-4-6-10(9)18(16,17)11(12)13/h3-6,8,11,14-15H,2,7H2,1H3/t8-/m0/s1. The summed E-state index contributed by atoms with van der Waals surface area (Å²) in [5.41, 5.74) is 0.0821. The van der Waals surface area contributed by atoms with E-state index in [0.717, 1.165) is 6.07 Å². The molecule has 0 spiro atoms. The highest BCUT2D eigenvalue weighted by molar-refractivity contribution is 7.91. The molecular formula is C11H15F2NO3S. The van der Waals surface area contributed by atoms with Crippen molar-refractivity contribution in [2.45, 2.75) is 30.0 Å². The third-order valence-electron chi connectivity index (χ3n) is 2.50. The minimum Gasteiger partial charge on any atom is -0.394 e. The van der Waals surface area contributed by atoms with Crippen molar-refractivity contribution in [1.82, 2.24) is 0 Å². The lowest BCUT2D eigenvalue weighted by Crippen LogP contribution is -2.24. The third-order valence-corrected chi connectivity index (χ3v) is 3.94. The summed E-state index contributed by atoms with van der Waals surface area (Å²) in [6, 6.07) is 5.05. The van der Waals surface area contributed by atoms with E-state index >= 15 is 0 Å². The van der Waals surface area contributed by atoms with Crippen LogP contribution in [0.3, 0.4) is 0 Å². The van der Waals surface area contributed by atoms with Gasteiger partial charge in [0.1, 0.15) is 0 Å². The number of aliphatic hydroxyl groups is 1. The van der Waals surface area contributed by atoms with E-state index in [-0.39, 0.29) is 18.3 Å². The fourth-order valence-corrected chi connectivity index (χ4v) is 2.32. The lowest BCUT2D eigenvalue weighted by atomic mass is 10.2. The first-order valence-electron chi connectivity index (χ1n) is 5.42. The zero-order valence-electron chi connectivity index (χ0n) is 9.81. The maximum atomic E-state index is 12.5. The zero-order valence-corrected chi connectivity index (χ0v) is 10.6. The van der Waals surface area contributed by atoms with Crippen LogP contribution in [0.2, 0.25) is 0 Å². The quantitative estimate of drug-likeness (QED) is 0.834. The number of nitrogens with one attached hydrogen (secondary N) is 1. The van der Waals surface area contributed by atoms with Crippen molar-refractivity contribution in [1.29, 1.82) is 0 Å². The first kappa shape index (κ1) is 14.8.